The third-order valence-electron chi connectivity index (χ3n) is 9.82. The molecule has 2 nitrogen and oxygen atoms in total. The minimum atomic E-state index is 0.904. The van der Waals surface area contributed by atoms with Crippen LogP contribution in [0.5, 0.6) is 0 Å². The van der Waals surface area contributed by atoms with Crippen LogP contribution in [0.4, 0.5) is 0 Å². The second-order valence-electron chi connectivity index (χ2n) is 12.6. The number of rotatable bonds is 4. The number of furan rings is 2. The molecule has 0 saturated carbocycles. The number of fused-ring (bicyclic) bond motifs is 6. The van der Waals surface area contributed by atoms with Crippen LogP contribution in [0.3, 0.4) is 0 Å². The van der Waals surface area contributed by atoms with Gasteiger partial charge in [0.1, 0.15) is 22.3 Å². The van der Waals surface area contributed by atoms with E-state index in [4.69, 9.17) is 8.83 Å². The second-order valence-corrected chi connectivity index (χ2v) is 12.6. The highest BCUT2D eigenvalue weighted by atomic mass is 16.3. The smallest absolute Gasteiger partial charge is 0.143 e. The molecule has 0 aliphatic carbocycles. The zero-order chi connectivity index (χ0) is 31.6. The van der Waals surface area contributed by atoms with Crippen LogP contribution < -0.4 is 0 Å². The van der Waals surface area contributed by atoms with Crippen LogP contribution in [0.25, 0.3) is 88.4 Å². The van der Waals surface area contributed by atoms with Crippen molar-refractivity contribution in [2.75, 3.05) is 0 Å². The van der Waals surface area contributed by atoms with Crippen LogP contribution >= 0.6 is 0 Å². The van der Waals surface area contributed by atoms with Crippen molar-refractivity contribution in [3.63, 3.8) is 0 Å². The molecule has 9 aromatic rings. The van der Waals surface area contributed by atoms with E-state index in [-0.39, 0.29) is 0 Å². The molecule has 0 unspecified atom stereocenters. The van der Waals surface area contributed by atoms with Gasteiger partial charge in [0.05, 0.1) is 0 Å². The van der Waals surface area contributed by atoms with Crippen LogP contribution in [0.1, 0.15) is 16.7 Å². The molecule has 0 atom stereocenters. The molecule has 224 valence electrons. The van der Waals surface area contributed by atoms with Gasteiger partial charge >= 0.3 is 0 Å². The Bertz CT molecular complexity index is 2480. The molecule has 0 N–H and O–H groups in total. The highest BCUT2D eigenvalue weighted by Gasteiger charge is 2.17. The number of hydrogen-bond acceptors (Lipinski definition) is 2. The Morgan fingerprint density at radius 3 is 1.21 bits per heavy atom. The van der Waals surface area contributed by atoms with E-state index in [2.05, 4.69) is 160 Å². The molecule has 0 amide bonds. The van der Waals surface area contributed by atoms with Crippen LogP contribution in [0.15, 0.2) is 148 Å². The van der Waals surface area contributed by atoms with Gasteiger partial charge in [0.25, 0.3) is 0 Å². The third kappa shape index (κ3) is 4.33. The lowest BCUT2D eigenvalue weighted by molar-refractivity contribution is 0.669. The second kappa shape index (κ2) is 10.6. The van der Waals surface area contributed by atoms with Gasteiger partial charge in [0, 0.05) is 32.7 Å². The molecule has 0 saturated heterocycles. The van der Waals surface area contributed by atoms with Gasteiger partial charge in [-0.3, -0.25) is 0 Å². The zero-order valence-electron chi connectivity index (χ0n) is 26.6. The number of para-hydroxylation sites is 2. The van der Waals surface area contributed by atoms with Gasteiger partial charge < -0.3 is 8.83 Å². The Labute approximate surface area is 273 Å². The van der Waals surface area contributed by atoms with Crippen molar-refractivity contribution in [3.8, 4) is 44.5 Å². The van der Waals surface area contributed by atoms with Gasteiger partial charge in [0.15, 0.2) is 0 Å². The Morgan fingerprint density at radius 1 is 0.340 bits per heavy atom. The molecule has 2 heteroatoms. The summed E-state index contributed by atoms with van der Waals surface area (Å²) in [4.78, 5) is 0. The topological polar surface area (TPSA) is 26.3 Å². The van der Waals surface area contributed by atoms with Gasteiger partial charge in [-0.25, -0.2) is 0 Å². The molecular weight excluding hydrogens is 572 g/mol. The molecule has 0 spiro atoms. The molecule has 7 aromatic carbocycles. The molecule has 2 aromatic heterocycles. The van der Waals surface area contributed by atoms with Crippen molar-refractivity contribution in [2.45, 2.75) is 20.8 Å². The van der Waals surface area contributed by atoms with E-state index in [1.54, 1.807) is 0 Å². The van der Waals surface area contributed by atoms with E-state index in [9.17, 15) is 0 Å². The van der Waals surface area contributed by atoms with E-state index in [0.717, 1.165) is 55.0 Å². The Balaban J connectivity index is 1.16. The Kier molecular flexibility index (Phi) is 6.20. The highest BCUT2D eigenvalue weighted by molar-refractivity contribution is 6.12. The predicted octanol–water partition coefficient (Wildman–Crippen LogP) is 13.1. The summed E-state index contributed by atoms with van der Waals surface area (Å²) >= 11 is 0. The maximum atomic E-state index is 6.51. The van der Waals surface area contributed by atoms with E-state index < -0.39 is 0 Å². The van der Waals surface area contributed by atoms with Gasteiger partial charge in [-0.2, -0.15) is 0 Å². The lowest BCUT2D eigenvalue weighted by atomic mass is 9.91. The monoisotopic (exact) mass is 604 g/mol. The van der Waals surface area contributed by atoms with Gasteiger partial charge in [0.2, 0.25) is 0 Å². The Morgan fingerprint density at radius 2 is 0.745 bits per heavy atom. The first-order valence-electron chi connectivity index (χ1n) is 16.2. The maximum absolute atomic E-state index is 6.51. The summed E-state index contributed by atoms with van der Waals surface area (Å²) in [6.07, 6.45) is 0. The molecule has 0 aliphatic rings. The summed E-state index contributed by atoms with van der Waals surface area (Å²) < 4.78 is 13.0. The zero-order valence-corrected chi connectivity index (χ0v) is 26.6. The molecule has 2 heterocycles. The normalized spacial score (nSPS) is 11.7. The summed E-state index contributed by atoms with van der Waals surface area (Å²) in [6.45, 7) is 6.53. The summed E-state index contributed by atoms with van der Waals surface area (Å²) in [5.41, 5.74) is 16.9. The standard InChI is InChI=1S/C45H32O2/c1-27-11-4-6-13-32(27)36-17-9-19-38-40-25-30(21-23-42(40)46-44(36)38)34-15-8-16-35(29(34)3)31-22-24-43-41(26-31)39-20-10-18-37(45(39)47-43)33-14-7-5-12-28(33)2/h4-26H,1-3H3. The Hall–Kier alpha value is -5.86. The quantitative estimate of drug-likeness (QED) is 0.200. The fourth-order valence-corrected chi connectivity index (χ4v) is 7.37. The molecule has 0 radical (unpaired) electrons. The van der Waals surface area contributed by atoms with Gasteiger partial charge in [-0.1, -0.05) is 115 Å². The minimum Gasteiger partial charge on any atom is -0.455 e. The summed E-state index contributed by atoms with van der Waals surface area (Å²) in [7, 11) is 0. The fourth-order valence-electron chi connectivity index (χ4n) is 7.37. The SMILES string of the molecule is Cc1ccccc1-c1cccc2c1oc1ccc(-c3cccc(-c4ccc5oc6c(-c7ccccc7C)cccc6c5c4)c3C)cc12. The first-order chi connectivity index (χ1) is 23.0. The maximum Gasteiger partial charge on any atom is 0.143 e. The number of aryl methyl sites for hydroxylation is 2. The predicted molar refractivity (Wildman–Crippen MR) is 197 cm³/mol. The molecule has 9 rings (SSSR count). The first kappa shape index (κ1) is 27.5. The summed E-state index contributed by atoms with van der Waals surface area (Å²) in [5.74, 6) is 0. The van der Waals surface area contributed by atoms with Crippen LogP contribution in [-0.4, -0.2) is 0 Å². The number of hydrogen-bond donors (Lipinski definition) is 0. The van der Waals surface area contributed by atoms with Gasteiger partial charge in [-0.05, 0) is 95.1 Å². The lowest BCUT2D eigenvalue weighted by Gasteiger charge is -2.12. The first-order valence-corrected chi connectivity index (χ1v) is 16.2. The van der Waals surface area contributed by atoms with E-state index >= 15 is 0 Å². The van der Waals surface area contributed by atoms with Crippen LogP contribution in [-0.2, 0) is 0 Å². The van der Waals surface area contributed by atoms with Crippen molar-refractivity contribution in [1.29, 1.82) is 0 Å². The van der Waals surface area contributed by atoms with Crippen molar-refractivity contribution >= 4 is 43.9 Å². The molecular formula is C45H32O2. The summed E-state index contributed by atoms with van der Waals surface area (Å²) in [5, 5.41) is 4.54. The summed E-state index contributed by atoms with van der Waals surface area (Å²) in [6, 6.07) is 49.7. The molecule has 0 bridgehead atoms. The number of benzene rings is 7. The largest absolute Gasteiger partial charge is 0.455 e. The van der Waals surface area contributed by atoms with E-state index in [0.29, 0.717) is 0 Å². The third-order valence-corrected chi connectivity index (χ3v) is 9.82. The highest BCUT2D eigenvalue weighted by Crippen LogP contribution is 2.42. The van der Waals surface area contributed by atoms with E-state index in [1.165, 1.54) is 50.1 Å². The minimum absolute atomic E-state index is 0.904. The van der Waals surface area contributed by atoms with Crippen molar-refractivity contribution < 1.29 is 8.83 Å². The van der Waals surface area contributed by atoms with Crippen LogP contribution in [0.2, 0.25) is 0 Å². The molecule has 0 aliphatic heterocycles. The van der Waals surface area contributed by atoms with E-state index in [1.807, 2.05) is 0 Å². The van der Waals surface area contributed by atoms with Crippen molar-refractivity contribution in [2.24, 2.45) is 0 Å². The fraction of sp³-hybridized carbons (Fsp3) is 0.0667. The van der Waals surface area contributed by atoms with Crippen molar-refractivity contribution in [1.82, 2.24) is 0 Å². The van der Waals surface area contributed by atoms with Gasteiger partial charge in [-0.15, -0.1) is 0 Å². The molecule has 47 heavy (non-hydrogen) atoms. The van der Waals surface area contributed by atoms with Crippen LogP contribution in [0, 0.1) is 20.8 Å². The lowest BCUT2D eigenvalue weighted by Crippen LogP contribution is -1.88. The average Bonchev–Trinajstić information content (AvgIpc) is 3.67. The average molecular weight is 605 g/mol. The van der Waals surface area contributed by atoms with Crippen molar-refractivity contribution in [3.05, 3.63) is 156 Å². The molecule has 0 fully saturated rings.